The number of guanidine groups is 1. The van der Waals surface area contributed by atoms with Gasteiger partial charge in [-0.25, -0.2) is 0 Å². The summed E-state index contributed by atoms with van der Waals surface area (Å²) in [5, 5.41) is 11.5. The summed E-state index contributed by atoms with van der Waals surface area (Å²) >= 11 is 2.03. The van der Waals surface area contributed by atoms with E-state index in [4.69, 9.17) is 0 Å². The maximum absolute atomic E-state index is 4.42. The predicted octanol–water partition coefficient (Wildman–Crippen LogP) is 1.24. The van der Waals surface area contributed by atoms with E-state index in [0.29, 0.717) is 4.75 Å². The first kappa shape index (κ1) is 16.1. The lowest BCUT2D eigenvalue weighted by molar-refractivity contribution is 0.375. The van der Waals surface area contributed by atoms with Gasteiger partial charge in [0, 0.05) is 50.1 Å². The topological polar surface area (TPSA) is 58.3 Å². The van der Waals surface area contributed by atoms with Crippen molar-refractivity contribution in [2.75, 3.05) is 32.4 Å². The van der Waals surface area contributed by atoms with Crippen LogP contribution < -0.4 is 5.32 Å². The number of hydrogen-bond acceptors (Lipinski definition) is 4. The molecule has 2 heterocycles. The van der Waals surface area contributed by atoms with Crippen molar-refractivity contribution in [1.82, 2.24) is 25.0 Å². The van der Waals surface area contributed by atoms with E-state index in [9.17, 15) is 0 Å². The van der Waals surface area contributed by atoms with Gasteiger partial charge in [-0.15, -0.1) is 10.2 Å². The van der Waals surface area contributed by atoms with Crippen molar-refractivity contribution in [1.29, 1.82) is 0 Å². The van der Waals surface area contributed by atoms with Gasteiger partial charge in [0.05, 0.1) is 0 Å². The molecule has 2 rings (SSSR count). The summed E-state index contributed by atoms with van der Waals surface area (Å²) in [7, 11) is 1.85. The van der Waals surface area contributed by atoms with E-state index >= 15 is 0 Å². The Labute approximate surface area is 131 Å². The summed E-state index contributed by atoms with van der Waals surface area (Å²) in [5.41, 5.74) is 0. The molecule has 1 aromatic rings. The van der Waals surface area contributed by atoms with Crippen LogP contribution in [0.15, 0.2) is 11.3 Å². The Morgan fingerprint density at radius 3 is 3.00 bits per heavy atom. The first-order valence-corrected chi connectivity index (χ1v) is 8.50. The lowest BCUT2D eigenvalue weighted by atomic mass is 10.2. The summed E-state index contributed by atoms with van der Waals surface area (Å²) in [6.07, 6.45) is 2.70. The number of rotatable bonds is 4. The number of aromatic nitrogens is 3. The Balaban J connectivity index is 1.86. The number of aryl methyl sites for hydroxylation is 1. The van der Waals surface area contributed by atoms with Crippen molar-refractivity contribution in [3.05, 3.63) is 12.2 Å². The normalized spacial score (nSPS) is 18.9. The lowest BCUT2D eigenvalue weighted by Gasteiger charge is -2.39. The molecule has 21 heavy (non-hydrogen) atoms. The minimum absolute atomic E-state index is 0.291. The molecule has 0 spiro atoms. The molecule has 1 aliphatic rings. The highest BCUT2D eigenvalue weighted by atomic mass is 32.2. The van der Waals surface area contributed by atoms with E-state index in [1.807, 2.05) is 18.8 Å². The largest absolute Gasteiger partial charge is 0.354 e. The van der Waals surface area contributed by atoms with E-state index in [-0.39, 0.29) is 0 Å². The Morgan fingerprint density at radius 2 is 2.33 bits per heavy atom. The molecule has 118 valence electrons. The number of aliphatic imine (C=N–C) groups is 1. The molecular weight excluding hydrogens is 284 g/mol. The summed E-state index contributed by atoms with van der Waals surface area (Å²) in [4.78, 5) is 6.77. The third kappa shape index (κ3) is 4.36. The zero-order valence-corrected chi connectivity index (χ0v) is 14.3. The van der Waals surface area contributed by atoms with Gasteiger partial charge in [0.1, 0.15) is 12.2 Å². The molecule has 1 saturated heterocycles. The number of nitrogens with one attached hydrogen (secondary N) is 1. The molecule has 1 aromatic heterocycles. The van der Waals surface area contributed by atoms with Crippen LogP contribution in [0.2, 0.25) is 0 Å². The van der Waals surface area contributed by atoms with Crippen LogP contribution in [0.1, 0.15) is 26.6 Å². The van der Waals surface area contributed by atoms with Crippen LogP contribution in [0.3, 0.4) is 0 Å². The Kier molecular flexibility index (Phi) is 5.50. The summed E-state index contributed by atoms with van der Waals surface area (Å²) in [6.45, 7) is 10.5. The number of thioether (sulfide) groups is 1. The molecule has 7 heteroatoms. The average Bonchev–Trinajstić information content (AvgIpc) is 2.90. The van der Waals surface area contributed by atoms with Gasteiger partial charge < -0.3 is 14.8 Å². The Morgan fingerprint density at radius 1 is 1.52 bits per heavy atom. The molecule has 0 unspecified atom stereocenters. The third-order valence-corrected chi connectivity index (χ3v) is 4.88. The van der Waals surface area contributed by atoms with Gasteiger partial charge in [-0.3, -0.25) is 4.99 Å². The van der Waals surface area contributed by atoms with Crippen molar-refractivity contribution in [2.24, 2.45) is 4.99 Å². The molecule has 6 nitrogen and oxygen atoms in total. The van der Waals surface area contributed by atoms with E-state index < -0.39 is 0 Å². The highest BCUT2D eigenvalue weighted by Gasteiger charge is 2.28. The van der Waals surface area contributed by atoms with Crippen LogP contribution in [0, 0.1) is 0 Å². The van der Waals surface area contributed by atoms with Crippen molar-refractivity contribution in [3.63, 3.8) is 0 Å². The molecule has 1 N–H and O–H groups in total. The van der Waals surface area contributed by atoms with Crippen molar-refractivity contribution in [3.8, 4) is 0 Å². The maximum Gasteiger partial charge on any atom is 0.193 e. The van der Waals surface area contributed by atoms with Crippen LogP contribution in [0.5, 0.6) is 0 Å². The lowest BCUT2D eigenvalue weighted by Crippen LogP contribution is -2.51. The third-order valence-electron chi connectivity index (χ3n) is 3.58. The van der Waals surface area contributed by atoms with Gasteiger partial charge in [-0.2, -0.15) is 11.8 Å². The molecular formula is C14H26N6S. The minimum Gasteiger partial charge on any atom is -0.354 e. The first-order valence-electron chi connectivity index (χ1n) is 7.52. The molecule has 1 aliphatic heterocycles. The van der Waals surface area contributed by atoms with Crippen molar-refractivity contribution >= 4 is 17.7 Å². The van der Waals surface area contributed by atoms with E-state index in [2.05, 4.69) is 50.7 Å². The highest BCUT2D eigenvalue weighted by Crippen LogP contribution is 2.29. The van der Waals surface area contributed by atoms with Crippen LogP contribution >= 0.6 is 11.8 Å². The predicted molar refractivity (Wildman–Crippen MR) is 88.9 cm³/mol. The molecule has 0 radical (unpaired) electrons. The molecule has 0 saturated carbocycles. The van der Waals surface area contributed by atoms with Gasteiger partial charge >= 0.3 is 0 Å². The van der Waals surface area contributed by atoms with Gasteiger partial charge in [0.2, 0.25) is 0 Å². The molecule has 1 fully saturated rings. The van der Waals surface area contributed by atoms with Gasteiger partial charge in [0.25, 0.3) is 0 Å². The quantitative estimate of drug-likeness (QED) is 0.670. The fraction of sp³-hybridized carbons (Fsp3) is 0.786. The summed E-state index contributed by atoms with van der Waals surface area (Å²) < 4.78 is 2.38. The van der Waals surface area contributed by atoms with Crippen molar-refractivity contribution in [2.45, 2.75) is 38.5 Å². The zero-order valence-electron chi connectivity index (χ0n) is 13.5. The first-order chi connectivity index (χ1) is 10.1. The minimum atomic E-state index is 0.291. The Bertz CT molecular complexity index is 482. The summed E-state index contributed by atoms with van der Waals surface area (Å²) in [5.74, 6) is 3.18. The standard InChI is InChI=1S/C14H26N6S/c1-5-12-18-17-11-20(12)7-6-16-13(15-4)19-8-9-21-14(2,3)10-19/h11H,5-10H2,1-4H3,(H,15,16). The highest BCUT2D eigenvalue weighted by molar-refractivity contribution is 8.00. The van der Waals surface area contributed by atoms with E-state index in [1.165, 1.54) is 0 Å². The van der Waals surface area contributed by atoms with Gasteiger partial charge in [0.15, 0.2) is 5.96 Å². The van der Waals surface area contributed by atoms with Crippen LogP contribution in [-0.2, 0) is 13.0 Å². The van der Waals surface area contributed by atoms with Crippen LogP contribution in [0.25, 0.3) is 0 Å². The second-order valence-corrected chi connectivity index (χ2v) is 7.60. The molecule has 0 atom stereocenters. The molecule has 0 amide bonds. The average molecular weight is 310 g/mol. The van der Waals surface area contributed by atoms with Crippen molar-refractivity contribution < 1.29 is 0 Å². The maximum atomic E-state index is 4.42. The second-order valence-electron chi connectivity index (χ2n) is 5.80. The van der Waals surface area contributed by atoms with Gasteiger partial charge in [-0.1, -0.05) is 6.92 Å². The summed E-state index contributed by atoms with van der Waals surface area (Å²) in [6, 6.07) is 0. The van der Waals surface area contributed by atoms with E-state index in [0.717, 1.165) is 50.1 Å². The SMILES string of the molecule is CCc1nncn1CCNC(=NC)N1CCSC(C)(C)C1. The van der Waals surface area contributed by atoms with E-state index in [1.54, 1.807) is 6.33 Å². The van der Waals surface area contributed by atoms with Crippen LogP contribution in [-0.4, -0.2) is 62.8 Å². The molecule has 0 aliphatic carbocycles. The molecule has 0 bridgehead atoms. The van der Waals surface area contributed by atoms with Crippen LogP contribution in [0.4, 0.5) is 0 Å². The smallest absolute Gasteiger partial charge is 0.193 e. The zero-order chi connectivity index (χ0) is 15.3. The second kappa shape index (κ2) is 7.15. The Hall–Kier alpha value is -1.24. The fourth-order valence-corrected chi connectivity index (χ4v) is 3.67. The fourth-order valence-electron chi connectivity index (χ4n) is 2.56. The monoisotopic (exact) mass is 310 g/mol. The van der Waals surface area contributed by atoms with Gasteiger partial charge in [-0.05, 0) is 13.8 Å². The number of hydrogen-bond donors (Lipinski definition) is 1. The molecule has 0 aromatic carbocycles. The number of nitrogens with zero attached hydrogens (tertiary/aromatic N) is 5.